The number of hydrogen-bond donors (Lipinski definition) is 1. The van der Waals surface area contributed by atoms with Crippen LogP contribution in [-0.4, -0.2) is 31.5 Å². The Bertz CT molecular complexity index is 797. The van der Waals surface area contributed by atoms with E-state index < -0.39 is 0 Å². The van der Waals surface area contributed by atoms with Crippen LogP contribution in [-0.2, 0) is 6.42 Å². The van der Waals surface area contributed by atoms with Gasteiger partial charge in [-0.25, -0.2) is 0 Å². The molecule has 1 N–H and O–H groups in total. The van der Waals surface area contributed by atoms with E-state index in [2.05, 4.69) is 5.32 Å². The van der Waals surface area contributed by atoms with Crippen LogP contribution in [0.2, 0.25) is 0 Å². The Hall–Kier alpha value is -2.82. The number of ether oxygens (including phenoxy) is 1. The van der Waals surface area contributed by atoms with Crippen molar-refractivity contribution in [3.8, 4) is 5.75 Å². The van der Waals surface area contributed by atoms with Crippen LogP contribution < -0.4 is 15.0 Å². The summed E-state index contributed by atoms with van der Waals surface area (Å²) in [6, 6.07) is 12.7. The van der Waals surface area contributed by atoms with Gasteiger partial charge in [-0.2, -0.15) is 0 Å². The third-order valence-corrected chi connectivity index (χ3v) is 4.24. The first kappa shape index (κ1) is 17.0. The van der Waals surface area contributed by atoms with Crippen LogP contribution in [0, 0.1) is 0 Å². The molecule has 5 heteroatoms. The van der Waals surface area contributed by atoms with Crippen molar-refractivity contribution in [2.24, 2.45) is 0 Å². The van der Waals surface area contributed by atoms with Crippen molar-refractivity contribution in [2.45, 2.75) is 26.3 Å². The summed E-state index contributed by atoms with van der Waals surface area (Å²) in [5, 5.41) is 2.88. The molecule has 0 saturated heterocycles. The molecule has 1 aliphatic rings. The molecular formula is C20H22N2O3. The number of hydrogen-bond acceptors (Lipinski definition) is 3. The van der Waals surface area contributed by atoms with Gasteiger partial charge in [-0.05, 0) is 62.2 Å². The van der Waals surface area contributed by atoms with Gasteiger partial charge in [0.25, 0.3) is 11.8 Å². The van der Waals surface area contributed by atoms with Gasteiger partial charge in [-0.3, -0.25) is 9.59 Å². The molecule has 5 nitrogen and oxygen atoms in total. The fraction of sp³-hybridized carbons (Fsp3) is 0.300. The van der Waals surface area contributed by atoms with Crippen molar-refractivity contribution in [1.29, 1.82) is 0 Å². The van der Waals surface area contributed by atoms with Crippen molar-refractivity contribution >= 4 is 17.5 Å². The molecule has 25 heavy (non-hydrogen) atoms. The highest BCUT2D eigenvalue weighted by atomic mass is 16.5. The lowest BCUT2D eigenvalue weighted by atomic mass is 10.1. The van der Waals surface area contributed by atoms with Crippen LogP contribution in [0.3, 0.4) is 0 Å². The lowest BCUT2D eigenvalue weighted by Crippen LogP contribution is -2.31. The van der Waals surface area contributed by atoms with E-state index in [1.807, 2.05) is 32.0 Å². The van der Waals surface area contributed by atoms with Crippen LogP contribution in [0.1, 0.15) is 40.1 Å². The Kier molecular flexibility index (Phi) is 4.74. The van der Waals surface area contributed by atoms with Gasteiger partial charge in [0.2, 0.25) is 0 Å². The molecule has 0 spiro atoms. The van der Waals surface area contributed by atoms with E-state index in [1.165, 1.54) is 0 Å². The number of nitrogens with one attached hydrogen (secondary N) is 1. The number of benzene rings is 2. The van der Waals surface area contributed by atoms with Crippen LogP contribution in [0.4, 0.5) is 5.69 Å². The molecule has 1 aliphatic heterocycles. The number of methoxy groups -OCH3 is 1. The SMILES string of the molecule is COc1ccc(C(=O)N2CCc3ccc(C(=O)NC(C)C)cc32)cc1. The van der Waals surface area contributed by atoms with E-state index >= 15 is 0 Å². The minimum atomic E-state index is -0.124. The van der Waals surface area contributed by atoms with Crippen molar-refractivity contribution in [3.05, 3.63) is 59.2 Å². The van der Waals surface area contributed by atoms with Gasteiger partial charge in [-0.1, -0.05) is 6.07 Å². The molecule has 0 fully saturated rings. The van der Waals surface area contributed by atoms with Crippen LogP contribution in [0.25, 0.3) is 0 Å². The van der Waals surface area contributed by atoms with Gasteiger partial charge in [0.15, 0.2) is 0 Å². The van der Waals surface area contributed by atoms with Gasteiger partial charge >= 0.3 is 0 Å². The summed E-state index contributed by atoms with van der Waals surface area (Å²) in [5.74, 6) is 0.524. The number of amides is 2. The predicted molar refractivity (Wildman–Crippen MR) is 97.4 cm³/mol. The highest BCUT2D eigenvalue weighted by Gasteiger charge is 2.26. The first-order valence-corrected chi connectivity index (χ1v) is 8.39. The van der Waals surface area contributed by atoms with E-state index in [9.17, 15) is 9.59 Å². The van der Waals surface area contributed by atoms with Crippen LogP contribution >= 0.6 is 0 Å². The number of carbonyl (C=O) groups excluding carboxylic acids is 2. The maximum absolute atomic E-state index is 12.9. The molecule has 0 saturated carbocycles. The van der Waals surface area contributed by atoms with Gasteiger partial charge < -0.3 is 15.0 Å². The molecule has 2 aromatic carbocycles. The third-order valence-electron chi connectivity index (χ3n) is 4.24. The van der Waals surface area contributed by atoms with Crippen molar-refractivity contribution in [2.75, 3.05) is 18.6 Å². The average Bonchev–Trinajstić information content (AvgIpc) is 3.03. The van der Waals surface area contributed by atoms with Crippen LogP contribution in [0.5, 0.6) is 5.75 Å². The van der Waals surface area contributed by atoms with E-state index in [-0.39, 0.29) is 17.9 Å². The van der Waals surface area contributed by atoms with Gasteiger partial charge in [0, 0.05) is 29.4 Å². The number of carbonyl (C=O) groups is 2. The molecule has 1 heterocycles. The Morgan fingerprint density at radius 2 is 1.76 bits per heavy atom. The second-order valence-electron chi connectivity index (χ2n) is 6.41. The molecular weight excluding hydrogens is 316 g/mol. The molecule has 3 rings (SSSR count). The second kappa shape index (κ2) is 6.97. The highest BCUT2D eigenvalue weighted by molar-refractivity contribution is 6.08. The van der Waals surface area contributed by atoms with Gasteiger partial charge in [-0.15, -0.1) is 0 Å². The van der Waals surface area contributed by atoms with Gasteiger partial charge in [0.05, 0.1) is 7.11 Å². The second-order valence-corrected chi connectivity index (χ2v) is 6.41. The lowest BCUT2D eigenvalue weighted by molar-refractivity contribution is 0.0940. The minimum absolute atomic E-state index is 0.0668. The van der Waals surface area contributed by atoms with E-state index in [4.69, 9.17) is 4.74 Å². The normalized spacial score (nSPS) is 12.9. The maximum Gasteiger partial charge on any atom is 0.258 e. The smallest absolute Gasteiger partial charge is 0.258 e. The summed E-state index contributed by atoms with van der Waals surface area (Å²) in [6.07, 6.45) is 0.795. The van der Waals surface area contributed by atoms with Crippen molar-refractivity contribution in [3.63, 3.8) is 0 Å². The zero-order valence-corrected chi connectivity index (χ0v) is 14.7. The quantitative estimate of drug-likeness (QED) is 0.932. The first-order valence-electron chi connectivity index (χ1n) is 8.39. The molecule has 0 radical (unpaired) electrons. The Morgan fingerprint density at radius 3 is 2.40 bits per heavy atom. The molecule has 0 aromatic heterocycles. The highest BCUT2D eigenvalue weighted by Crippen LogP contribution is 2.30. The summed E-state index contributed by atoms with van der Waals surface area (Å²) < 4.78 is 5.13. The van der Waals surface area contributed by atoms with Crippen molar-refractivity contribution in [1.82, 2.24) is 5.32 Å². The summed E-state index contributed by atoms with van der Waals surface area (Å²) >= 11 is 0. The fourth-order valence-corrected chi connectivity index (χ4v) is 2.97. The number of fused-ring (bicyclic) bond motifs is 1. The predicted octanol–water partition coefficient (Wildman–Crippen LogP) is 3.04. The van der Waals surface area contributed by atoms with E-state index in [0.717, 1.165) is 17.7 Å². The third kappa shape index (κ3) is 3.50. The zero-order valence-electron chi connectivity index (χ0n) is 14.7. The summed E-state index contributed by atoms with van der Waals surface area (Å²) in [6.45, 7) is 4.46. The largest absolute Gasteiger partial charge is 0.497 e. The summed E-state index contributed by atoms with van der Waals surface area (Å²) in [5.41, 5.74) is 3.08. The Balaban J connectivity index is 1.86. The summed E-state index contributed by atoms with van der Waals surface area (Å²) in [7, 11) is 1.59. The molecule has 0 unspecified atom stereocenters. The fourth-order valence-electron chi connectivity index (χ4n) is 2.97. The maximum atomic E-state index is 12.9. The monoisotopic (exact) mass is 338 g/mol. The standard InChI is InChI=1S/C20H22N2O3/c1-13(2)21-19(23)16-5-4-14-10-11-22(18(14)12-16)20(24)15-6-8-17(25-3)9-7-15/h4-9,12-13H,10-11H2,1-3H3,(H,21,23). The minimum Gasteiger partial charge on any atom is -0.497 e. The molecule has 130 valence electrons. The molecule has 0 aliphatic carbocycles. The summed E-state index contributed by atoms with van der Waals surface area (Å²) in [4.78, 5) is 26.8. The number of nitrogens with zero attached hydrogens (tertiary/aromatic N) is 1. The van der Waals surface area contributed by atoms with E-state index in [1.54, 1.807) is 36.3 Å². The topological polar surface area (TPSA) is 58.6 Å². The lowest BCUT2D eigenvalue weighted by Gasteiger charge is -2.18. The number of rotatable bonds is 4. The molecule has 0 bridgehead atoms. The number of anilines is 1. The van der Waals surface area contributed by atoms with Gasteiger partial charge in [0.1, 0.15) is 5.75 Å². The zero-order chi connectivity index (χ0) is 18.0. The Labute approximate surface area is 147 Å². The van der Waals surface area contributed by atoms with Crippen LogP contribution in [0.15, 0.2) is 42.5 Å². The van der Waals surface area contributed by atoms with Crippen molar-refractivity contribution < 1.29 is 14.3 Å². The molecule has 2 aromatic rings. The van der Waals surface area contributed by atoms with E-state index in [0.29, 0.717) is 23.4 Å². The molecule has 0 atom stereocenters. The molecule has 2 amide bonds. The Morgan fingerprint density at radius 1 is 1.08 bits per heavy atom. The average molecular weight is 338 g/mol. The first-order chi connectivity index (χ1) is 12.0.